The van der Waals surface area contributed by atoms with Gasteiger partial charge in [-0.1, -0.05) is 24.6 Å². The Balaban J connectivity index is 3.31. The third-order valence-corrected chi connectivity index (χ3v) is 4.18. The van der Waals surface area contributed by atoms with E-state index in [2.05, 4.69) is 28.6 Å². The SMILES string of the molecule is CC(C)(C)NC(=O)NCCCCCCNC(=O)SCCOCCOCCS. The minimum atomic E-state index is -0.215. The summed E-state index contributed by atoms with van der Waals surface area (Å²) in [5, 5.41) is 8.59. The third kappa shape index (κ3) is 21.5. The first-order chi connectivity index (χ1) is 12.8. The molecule has 3 amide bonds. The smallest absolute Gasteiger partial charge is 0.315 e. The van der Waals surface area contributed by atoms with Crippen molar-refractivity contribution in [1.82, 2.24) is 16.0 Å². The van der Waals surface area contributed by atoms with Crippen molar-refractivity contribution >= 4 is 35.7 Å². The van der Waals surface area contributed by atoms with Crippen molar-refractivity contribution in [2.45, 2.75) is 52.0 Å². The maximum absolute atomic E-state index is 11.6. The van der Waals surface area contributed by atoms with Gasteiger partial charge in [-0.25, -0.2) is 4.79 Å². The van der Waals surface area contributed by atoms with Crippen LogP contribution in [-0.2, 0) is 9.47 Å². The summed E-state index contributed by atoms with van der Waals surface area (Å²) in [6, 6.07) is -0.124. The fraction of sp³-hybridized carbons (Fsp3) is 0.889. The van der Waals surface area contributed by atoms with Gasteiger partial charge in [-0.15, -0.1) is 0 Å². The van der Waals surface area contributed by atoms with Gasteiger partial charge >= 0.3 is 6.03 Å². The Kier molecular flexibility index (Phi) is 17.0. The number of thiol groups is 1. The third-order valence-electron chi connectivity index (χ3n) is 3.22. The quantitative estimate of drug-likeness (QED) is 0.240. The topological polar surface area (TPSA) is 88.7 Å². The molecular formula is C18H37N3O4S2. The molecule has 0 rings (SSSR count). The van der Waals surface area contributed by atoms with E-state index in [1.807, 2.05) is 20.8 Å². The Morgan fingerprint density at radius 1 is 0.889 bits per heavy atom. The van der Waals surface area contributed by atoms with Crippen LogP contribution in [0, 0.1) is 0 Å². The normalized spacial score (nSPS) is 11.3. The van der Waals surface area contributed by atoms with Gasteiger partial charge in [0, 0.05) is 30.1 Å². The molecule has 0 heterocycles. The lowest BCUT2D eigenvalue weighted by molar-refractivity contribution is 0.0606. The van der Waals surface area contributed by atoms with Crippen LogP contribution in [0.5, 0.6) is 0 Å². The highest BCUT2D eigenvalue weighted by atomic mass is 32.2. The summed E-state index contributed by atoms with van der Waals surface area (Å²) < 4.78 is 10.6. The van der Waals surface area contributed by atoms with Crippen molar-refractivity contribution in [3.63, 3.8) is 0 Å². The van der Waals surface area contributed by atoms with Crippen LogP contribution in [0.3, 0.4) is 0 Å². The number of carbonyl (C=O) groups excluding carboxylic acids is 2. The lowest BCUT2D eigenvalue weighted by Crippen LogP contribution is -2.46. The second-order valence-corrected chi connectivity index (χ2v) is 8.57. The van der Waals surface area contributed by atoms with Crippen molar-refractivity contribution in [3.05, 3.63) is 0 Å². The first-order valence-electron chi connectivity index (χ1n) is 9.58. The second-order valence-electron chi connectivity index (χ2n) is 7.06. The molecule has 3 N–H and O–H groups in total. The van der Waals surface area contributed by atoms with Gasteiger partial charge in [-0.05, 0) is 33.6 Å². The molecule has 0 aromatic carbocycles. The molecule has 0 aliphatic rings. The van der Waals surface area contributed by atoms with Crippen LogP contribution in [0.2, 0.25) is 0 Å². The molecule has 0 aromatic rings. The van der Waals surface area contributed by atoms with Crippen LogP contribution in [0.1, 0.15) is 46.5 Å². The molecule has 0 atom stereocenters. The lowest BCUT2D eigenvalue weighted by Gasteiger charge is -2.20. The van der Waals surface area contributed by atoms with Crippen LogP contribution in [0.15, 0.2) is 0 Å². The number of unbranched alkanes of at least 4 members (excludes halogenated alkanes) is 3. The number of thioether (sulfide) groups is 1. The highest BCUT2D eigenvalue weighted by molar-refractivity contribution is 8.13. The molecule has 0 spiro atoms. The van der Waals surface area contributed by atoms with Gasteiger partial charge in [-0.3, -0.25) is 4.79 Å². The fourth-order valence-electron chi connectivity index (χ4n) is 2.01. The maximum Gasteiger partial charge on any atom is 0.315 e. The number of rotatable bonds is 15. The molecule has 0 aliphatic carbocycles. The van der Waals surface area contributed by atoms with Crippen molar-refractivity contribution in [3.8, 4) is 0 Å². The number of hydrogen-bond donors (Lipinski definition) is 4. The minimum absolute atomic E-state index is 0.00885. The first-order valence-corrected chi connectivity index (χ1v) is 11.2. The second kappa shape index (κ2) is 17.5. The van der Waals surface area contributed by atoms with E-state index in [1.165, 1.54) is 11.8 Å². The predicted octanol–water partition coefficient (Wildman–Crippen LogP) is 3.05. The average molecular weight is 424 g/mol. The van der Waals surface area contributed by atoms with Crippen molar-refractivity contribution in [1.29, 1.82) is 0 Å². The molecule has 9 heteroatoms. The number of nitrogens with one attached hydrogen (secondary N) is 3. The summed E-state index contributed by atoms with van der Waals surface area (Å²) in [6.07, 6.45) is 3.94. The van der Waals surface area contributed by atoms with E-state index < -0.39 is 0 Å². The molecule has 27 heavy (non-hydrogen) atoms. The summed E-state index contributed by atoms with van der Waals surface area (Å²) in [7, 11) is 0. The number of carbonyl (C=O) groups is 2. The summed E-state index contributed by atoms with van der Waals surface area (Å²) in [5.74, 6) is 1.35. The maximum atomic E-state index is 11.6. The molecule has 0 fully saturated rings. The van der Waals surface area contributed by atoms with Crippen molar-refractivity contribution < 1.29 is 19.1 Å². The van der Waals surface area contributed by atoms with Gasteiger partial charge < -0.3 is 25.4 Å². The number of amides is 3. The van der Waals surface area contributed by atoms with E-state index in [9.17, 15) is 9.59 Å². The van der Waals surface area contributed by atoms with E-state index in [0.717, 1.165) is 25.7 Å². The molecule has 0 saturated heterocycles. The number of ether oxygens (including phenoxy) is 2. The molecule has 0 bridgehead atoms. The Morgan fingerprint density at radius 3 is 2.07 bits per heavy atom. The largest absolute Gasteiger partial charge is 0.378 e. The van der Waals surface area contributed by atoms with Crippen LogP contribution < -0.4 is 16.0 Å². The van der Waals surface area contributed by atoms with Gasteiger partial charge in [0.15, 0.2) is 0 Å². The molecule has 7 nitrogen and oxygen atoms in total. The standard InChI is InChI=1S/C18H37N3O4S2/c1-18(2,3)21-16(22)19-8-6-4-5-7-9-20-17(23)27-15-13-25-11-10-24-12-14-26/h26H,4-15H2,1-3H3,(H,20,23)(H2,19,21,22). The number of urea groups is 1. The molecule has 0 saturated carbocycles. The Labute approximate surface area is 173 Å². The zero-order chi connectivity index (χ0) is 20.4. The van der Waals surface area contributed by atoms with Crippen LogP contribution >= 0.6 is 24.4 Å². The predicted molar refractivity (Wildman–Crippen MR) is 116 cm³/mol. The summed E-state index contributed by atoms with van der Waals surface area (Å²) in [4.78, 5) is 23.2. The van der Waals surface area contributed by atoms with Gasteiger partial charge in [0.1, 0.15) is 0 Å². The van der Waals surface area contributed by atoms with Crippen LogP contribution in [0.4, 0.5) is 9.59 Å². The Morgan fingerprint density at radius 2 is 1.48 bits per heavy atom. The van der Waals surface area contributed by atoms with Crippen molar-refractivity contribution in [2.75, 3.05) is 51.0 Å². The molecule has 160 valence electrons. The monoisotopic (exact) mass is 423 g/mol. The lowest BCUT2D eigenvalue weighted by atomic mass is 10.1. The summed E-state index contributed by atoms with van der Waals surface area (Å²) in [6.45, 7) is 9.49. The van der Waals surface area contributed by atoms with E-state index in [4.69, 9.17) is 9.47 Å². The molecule has 0 aliphatic heterocycles. The zero-order valence-corrected chi connectivity index (χ0v) is 18.7. The van der Waals surface area contributed by atoms with E-state index in [1.54, 1.807) is 0 Å². The molecule has 0 aromatic heterocycles. The van der Waals surface area contributed by atoms with Gasteiger partial charge in [0.2, 0.25) is 0 Å². The van der Waals surface area contributed by atoms with Crippen LogP contribution in [0.25, 0.3) is 0 Å². The highest BCUT2D eigenvalue weighted by Gasteiger charge is 2.12. The summed E-state index contributed by atoms with van der Waals surface area (Å²) in [5.41, 5.74) is -0.215. The van der Waals surface area contributed by atoms with Crippen molar-refractivity contribution in [2.24, 2.45) is 0 Å². The Bertz CT molecular complexity index is 393. The van der Waals surface area contributed by atoms with E-state index in [-0.39, 0.29) is 16.8 Å². The summed E-state index contributed by atoms with van der Waals surface area (Å²) >= 11 is 5.29. The Hall–Kier alpha value is -0.640. The zero-order valence-electron chi connectivity index (χ0n) is 17.0. The van der Waals surface area contributed by atoms with E-state index >= 15 is 0 Å². The molecule has 0 radical (unpaired) electrons. The fourth-order valence-corrected chi connectivity index (χ4v) is 2.73. The van der Waals surface area contributed by atoms with Crippen LogP contribution in [-0.4, -0.2) is 67.8 Å². The highest BCUT2D eigenvalue weighted by Crippen LogP contribution is 2.03. The van der Waals surface area contributed by atoms with Gasteiger partial charge in [0.05, 0.1) is 26.4 Å². The first kappa shape index (κ1) is 26.4. The molecule has 0 unspecified atom stereocenters. The van der Waals surface area contributed by atoms with Gasteiger partial charge in [-0.2, -0.15) is 12.6 Å². The average Bonchev–Trinajstić information content (AvgIpc) is 2.58. The molecular weight excluding hydrogens is 386 g/mol. The van der Waals surface area contributed by atoms with Gasteiger partial charge in [0.25, 0.3) is 5.24 Å². The van der Waals surface area contributed by atoms with E-state index in [0.29, 0.717) is 51.0 Å². The number of hydrogen-bond acceptors (Lipinski definition) is 6. The minimum Gasteiger partial charge on any atom is -0.378 e.